The van der Waals surface area contributed by atoms with Crippen molar-refractivity contribution in [1.29, 1.82) is 0 Å². The van der Waals surface area contributed by atoms with Crippen LogP contribution in [0.3, 0.4) is 0 Å². The van der Waals surface area contributed by atoms with Gasteiger partial charge in [-0.05, 0) is 60.2 Å². The van der Waals surface area contributed by atoms with Gasteiger partial charge in [0.05, 0.1) is 40.4 Å². The van der Waals surface area contributed by atoms with Crippen molar-refractivity contribution in [2.45, 2.75) is 6.54 Å². The smallest absolute Gasteiger partial charge is 0.153 e. The number of benzene rings is 2. The first-order chi connectivity index (χ1) is 22.0. The molecule has 3 N–H and O–H groups in total. The average Bonchev–Trinajstić information content (AvgIpc) is 3.44. The largest absolute Gasteiger partial charge is 0.507 e. The first-order valence-electron chi connectivity index (χ1n) is 14.5. The Bertz CT molecular complexity index is 2000. The average molecular weight is 601 g/mol. The van der Waals surface area contributed by atoms with Crippen molar-refractivity contribution in [3.05, 3.63) is 108 Å². The highest BCUT2D eigenvalue weighted by atomic mass is 19.1. The fourth-order valence-electron chi connectivity index (χ4n) is 5.70. The van der Waals surface area contributed by atoms with Crippen molar-refractivity contribution >= 4 is 28.8 Å². The molecule has 0 radical (unpaired) electrons. The molecule has 2 aromatic carbocycles. The standard InChI is InChI=1S/C34H29FN8O2/c35-24-6-10-28(38-18-24)29-17-31-30(19-39-29)40-34(27-2-1-11-37-33(27)36)43(31)25-7-3-22(4-8-25)20-41-12-14-42(15-13-41)26-9-5-23(21-44)32(45)16-26/h1-11,16-19,21,45H,12-15,20H2,(H2,36,37). The van der Waals surface area contributed by atoms with Crippen LogP contribution in [0.25, 0.3) is 39.5 Å². The highest BCUT2D eigenvalue weighted by Crippen LogP contribution is 2.32. The molecular formula is C34H29FN8O2. The molecule has 0 amide bonds. The van der Waals surface area contributed by atoms with Gasteiger partial charge in [0.2, 0.25) is 0 Å². The Kier molecular flexibility index (Phi) is 7.36. The number of hydrogen-bond donors (Lipinski definition) is 2. The van der Waals surface area contributed by atoms with Crippen LogP contribution in [0.2, 0.25) is 0 Å². The first-order valence-corrected chi connectivity index (χ1v) is 14.5. The number of aromatic nitrogens is 5. The van der Waals surface area contributed by atoms with E-state index in [2.05, 4.69) is 49.0 Å². The molecule has 45 heavy (non-hydrogen) atoms. The predicted octanol–water partition coefficient (Wildman–Crippen LogP) is 5.11. The van der Waals surface area contributed by atoms with Crippen LogP contribution in [0.1, 0.15) is 15.9 Å². The van der Waals surface area contributed by atoms with Crippen molar-refractivity contribution in [3.8, 4) is 34.2 Å². The minimum Gasteiger partial charge on any atom is -0.507 e. The van der Waals surface area contributed by atoms with Crippen molar-refractivity contribution in [1.82, 2.24) is 29.4 Å². The Morgan fingerprint density at radius 2 is 1.64 bits per heavy atom. The second kappa shape index (κ2) is 11.8. The number of nitrogens with two attached hydrogens (primary N) is 1. The van der Waals surface area contributed by atoms with Gasteiger partial charge in [-0.25, -0.2) is 14.4 Å². The highest BCUT2D eigenvalue weighted by molar-refractivity contribution is 5.87. The van der Waals surface area contributed by atoms with E-state index in [0.29, 0.717) is 46.0 Å². The fraction of sp³-hybridized carbons (Fsp3) is 0.147. The number of imidazole rings is 1. The van der Waals surface area contributed by atoms with Crippen LogP contribution in [-0.2, 0) is 6.54 Å². The second-order valence-electron chi connectivity index (χ2n) is 10.9. The van der Waals surface area contributed by atoms with Gasteiger partial charge in [0.1, 0.15) is 28.7 Å². The molecule has 6 aromatic rings. The molecule has 7 rings (SSSR count). The molecule has 1 aliphatic heterocycles. The van der Waals surface area contributed by atoms with E-state index in [4.69, 9.17) is 10.7 Å². The number of carbonyl (C=O) groups excluding carboxylic acids is 1. The monoisotopic (exact) mass is 600 g/mol. The molecule has 0 saturated carbocycles. The molecular weight excluding hydrogens is 571 g/mol. The number of piperazine rings is 1. The van der Waals surface area contributed by atoms with Gasteiger partial charge in [-0.15, -0.1) is 0 Å². The number of phenolic OH excluding ortho intramolecular Hbond substituents is 1. The van der Waals surface area contributed by atoms with E-state index < -0.39 is 5.82 Å². The lowest BCUT2D eigenvalue weighted by molar-refractivity contribution is 0.112. The zero-order chi connectivity index (χ0) is 30.9. The van der Waals surface area contributed by atoms with E-state index in [-0.39, 0.29) is 5.75 Å². The fourth-order valence-corrected chi connectivity index (χ4v) is 5.70. The normalized spacial score (nSPS) is 13.8. The number of hydrogen-bond acceptors (Lipinski definition) is 9. The molecule has 11 heteroatoms. The lowest BCUT2D eigenvalue weighted by atomic mass is 10.1. The summed E-state index contributed by atoms with van der Waals surface area (Å²) < 4.78 is 15.6. The topological polar surface area (TPSA) is 126 Å². The van der Waals surface area contributed by atoms with E-state index in [1.165, 1.54) is 17.8 Å². The summed E-state index contributed by atoms with van der Waals surface area (Å²) in [6, 6.07) is 22.1. The molecule has 1 aliphatic rings. The van der Waals surface area contributed by atoms with E-state index in [0.717, 1.165) is 49.6 Å². The van der Waals surface area contributed by atoms with Crippen molar-refractivity contribution < 1.29 is 14.3 Å². The van der Waals surface area contributed by atoms with Crippen molar-refractivity contribution in [2.75, 3.05) is 36.8 Å². The quantitative estimate of drug-likeness (QED) is 0.241. The van der Waals surface area contributed by atoms with Gasteiger partial charge in [0, 0.05) is 56.4 Å². The molecule has 10 nitrogen and oxygen atoms in total. The number of aromatic hydroxyl groups is 1. The number of nitrogens with zero attached hydrogens (tertiary/aromatic N) is 7. The summed E-state index contributed by atoms with van der Waals surface area (Å²) in [5.41, 5.74) is 12.9. The molecule has 4 aromatic heterocycles. The van der Waals surface area contributed by atoms with Crippen LogP contribution < -0.4 is 10.6 Å². The lowest BCUT2D eigenvalue weighted by Gasteiger charge is -2.36. The summed E-state index contributed by atoms with van der Waals surface area (Å²) in [6.07, 6.45) is 5.17. The number of phenols is 1. The van der Waals surface area contributed by atoms with Crippen molar-refractivity contribution in [3.63, 3.8) is 0 Å². The molecule has 0 bridgehead atoms. The maximum absolute atomic E-state index is 13.5. The van der Waals surface area contributed by atoms with Gasteiger partial charge in [-0.1, -0.05) is 12.1 Å². The third-order valence-corrected chi connectivity index (χ3v) is 8.09. The minimum absolute atomic E-state index is 0.00432. The number of halogens is 1. The molecule has 224 valence electrons. The van der Waals surface area contributed by atoms with Crippen LogP contribution in [0.5, 0.6) is 5.75 Å². The van der Waals surface area contributed by atoms with Gasteiger partial charge >= 0.3 is 0 Å². The van der Waals surface area contributed by atoms with Crippen LogP contribution in [-0.4, -0.2) is 67.0 Å². The SMILES string of the molecule is Nc1ncccc1-c1nc2cnc(-c3ccc(F)cn3)cc2n1-c1ccc(CN2CCN(c3ccc(C=O)c(O)c3)CC2)cc1. The number of fused-ring (bicyclic) bond motifs is 1. The summed E-state index contributed by atoms with van der Waals surface area (Å²) in [4.78, 5) is 33.6. The summed E-state index contributed by atoms with van der Waals surface area (Å²) in [5.74, 6) is 0.599. The zero-order valence-electron chi connectivity index (χ0n) is 24.2. The summed E-state index contributed by atoms with van der Waals surface area (Å²) in [6.45, 7) is 4.15. The molecule has 1 fully saturated rings. The van der Waals surface area contributed by atoms with Gasteiger partial charge in [-0.2, -0.15) is 0 Å². The Hall–Kier alpha value is -5.68. The number of rotatable bonds is 7. The lowest BCUT2D eigenvalue weighted by Crippen LogP contribution is -2.45. The molecule has 0 unspecified atom stereocenters. The number of pyridine rings is 3. The Balaban J connectivity index is 1.15. The van der Waals surface area contributed by atoms with Crippen LogP contribution in [0.15, 0.2) is 91.4 Å². The maximum atomic E-state index is 13.5. The Labute approximate surface area is 258 Å². The van der Waals surface area contributed by atoms with Gasteiger partial charge in [0.15, 0.2) is 6.29 Å². The van der Waals surface area contributed by atoms with Gasteiger partial charge in [-0.3, -0.25) is 24.2 Å². The van der Waals surface area contributed by atoms with E-state index >= 15 is 0 Å². The molecule has 0 atom stereocenters. The Morgan fingerprint density at radius 3 is 2.36 bits per heavy atom. The number of aldehydes is 1. The van der Waals surface area contributed by atoms with E-state index in [1.807, 2.05) is 28.8 Å². The van der Waals surface area contributed by atoms with Crippen molar-refractivity contribution in [2.24, 2.45) is 0 Å². The third-order valence-electron chi connectivity index (χ3n) is 8.09. The number of nitrogen functional groups attached to an aromatic ring is 1. The zero-order valence-corrected chi connectivity index (χ0v) is 24.2. The number of carbonyl (C=O) groups is 1. The minimum atomic E-state index is -0.410. The molecule has 5 heterocycles. The van der Waals surface area contributed by atoms with E-state index in [1.54, 1.807) is 30.6 Å². The molecule has 0 spiro atoms. The molecule has 0 aliphatic carbocycles. The summed E-state index contributed by atoms with van der Waals surface area (Å²) in [7, 11) is 0. The van der Waals surface area contributed by atoms with Crippen LogP contribution >= 0.6 is 0 Å². The Morgan fingerprint density at radius 1 is 0.867 bits per heavy atom. The third kappa shape index (κ3) is 5.56. The maximum Gasteiger partial charge on any atom is 0.153 e. The van der Waals surface area contributed by atoms with E-state index in [9.17, 15) is 14.3 Å². The van der Waals surface area contributed by atoms with Crippen LogP contribution in [0.4, 0.5) is 15.9 Å². The number of anilines is 2. The first kappa shape index (κ1) is 28.1. The summed E-state index contributed by atoms with van der Waals surface area (Å²) >= 11 is 0. The second-order valence-corrected chi connectivity index (χ2v) is 10.9. The van der Waals surface area contributed by atoms with Crippen LogP contribution in [0, 0.1) is 5.82 Å². The van der Waals surface area contributed by atoms with Gasteiger partial charge in [0.25, 0.3) is 0 Å². The predicted molar refractivity (Wildman–Crippen MR) is 171 cm³/mol. The molecule has 1 saturated heterocycles. The summed E-state index contributed by atoms with van der Waals surface area (Å²) in [5, 5.41) is 10.1. The highest BCUT2D eigenvalue weighted by Gasteiger charge is 2.20. The van der Waals surface area contributed by atoms with Gasteiger partial charge < -0.3 is 15.7 Å².